The second-order valence-corrected chi connectivity index (χ2v) is 4.04. The summed E-state index contributed by atoms with van der Waals surface area (Å²) in [5.74, 6) is -1.71. The van der Waals surface area contributed by atoms with E-state index in [-0.39, 0.29) is 16.9 Å². The number of methoxy groups -OCH3 is 1. The molecule has 0 bridgehead atoms. The Morgan fingerprint density at radius 2 is 1.90 bits per heavy atom. The van der Waals surface area contributed by atoms with Crippen molar-refractivity contribution in [1.29, 1.82) is 0 Å². The fourth-order valence-corrected chi connectivity index (χ4v) is 1.66. The Labute approximate surface area is 114 Å². The third kappa shape index (κ3) is 2.85. The van der Waals surface area contributed by atoms with Gasteiger partial charge in [0.25, 0.3) is 0 Å². The number of halogens is 2. The highest BCUT2D eigenvalue weighted by molar-refractivity contribution is 5.92. The number of benzene rings is 2. The van der Waals surface area contributed by atoms with E-state index in [1.54, 1.807) is 0 Å². The summed E-state index contributed by atoms with van der Waals surface area (Å²) < 4.78 is 31.1. The summed E-state index contributed by atoms with van der Waals surface area (Å²) in [5.41, 5.74) is 6.58. The van der Waals surface area contributed by atoms with Crippen molar-refractivity contribution in [2.24, 2.45) is 0 Å². The minimum Gasteiger partial charge on any atom is -0.465 e. The van der Waals surface area contributed by atoms with E-state index >= 15 is 0 Å². The van der Waals surface area contributed by atoms with Crippen LogP contribution in [-0.4, -0.2) is 13.1 Å². The lowest BCUT2D eigenvalue weighted by Gasteiger charge is -2.11. The number of nitrogens with one attached hydrogen (secondary N) is 1. The zero-order valence-corrected chi connectivity index (χ0v) is 10.6. The van der Waals surface area contributed by atoms with Crippen LogP contribution in [0, 0.1) is 11.6 Å². The molecule has 0 saturated carbocycles. The highest BCUT2D eigenvalue weighted by atomic mass is 19.1. The molecule has 0 aliphatic carbocycles. The van der Waals surface area contributed by atoms with Crippen molar-refractivity contribution in [2.75, 3.05) is 18.2 Å². The number of hydrogen-bond acceptors (Lipinski definition) is 4. The lowest BCUT2D eigenvalue weighted by Crippen LogP contribution is -2.04. The van der Waals surface area contributed by atoms with E-state index in [0.29, 0.717) is 5.69 Å². The molecule has 3 N–H and O–H groups in total. The first kappa shape index (κ1) is 13.8. The van der Waals surface area contributed by atoms with E-state index in [1.807, 2.05) is 0 Å². The maximum absolute atomic E-state index is 13.5. The van der Waals surface area contributed by atoms with Gasteiger partial charge in [-0.15, -0.1) is 0 Å². The molecule has 0 spiro atoms. The molecule has 0 radical (unpaired) electrons. The van der Waals surface area contributed by atoms with Crippen LogP contribution < -0.4 is 11.1 Å². The van der Waals surface area contributed by atoms with Gasteiger partial charge in [-0.25, -0.2) is 13.6 Å². The Kier molecular flexibility index (Phi) is 3.84. The van der Waals surface area contributed by atoms with Gasteiger partial charge in [0.15, 0.2) is 0 Å². The molecule has 20 heavy (non-hydrogen) atoms. The third-order valence-electron chi connectivity index (χ3n) is 2.67. The average Bonchev–Trinajstić information content (AvgIpc) is 2.44. The number of nitrogens with two attached hydrogens (primary N) is 1. The molecule has 2 aromatic carbocycles. The van der Waals surface area contributed by atoms with Gasteiger partial charge in [0.1, 0.15) is 11.6 Å². The predicted molar refractivity (Wildman–Crippen MR) is 71.8 cm³/mol. The molecule has 0 saturated heterocycles. The molecule has 0 unspecified atom stereocenters. The summed E-state index contributed by atoms with van der Waals surface area (Å²) in [6.45, 7) is 0. The van der Waals surface area contributed by atoms with E-state index in [2.05, 4.69) is 10.1 Å². The fraction of sp³-hybridized carbons (Fsp3) is 0.0714. The molecule has 4 nitrogen and oxygen atoms in total. The number of esters is 1. The normalized spacial score (nSPS) is 10.2. The van der Waals surface area contributed by atoms with Crippen LogP contribution in [0.1, 0.15) is 10.4 Å². The summed E-state index contributed by atoms with van der Waals surface area (Å²) >= 11 is 0. The van der Waals surface area contributed by atoms with Gasteiger partial charge in [0.05, 0.1) is 29.7 Å². The van der Waals surface area contributed by atoms with Crippen molar-refractivity contribution in [1.82, 2.24) is 0 Å². The van der Waals surface area contributed by atoms with Gasteiger partial charge in [-0.1, -0.05) is 0 Å². The maximum Gasteiger partial charge on any atom is 0.337 e. The van der Waals surface area contributed by atoms with Crippen LogP contribution in [-0.2, 0) is 4.74 Å². The molecule has 0 atom stereocenters. The maximum atomic E-state index is 13.5. The quantitative estimate of drug-likeness (QED) is 0.669. The number of nitrogen functional groups attached to an aromatic ring is 1. The van der Waals surface area contributed by atoms with Crippen molar-refractivity contribution in [3.8, 4) is 0 Å². The van der Waals surface area contributed by atoms with Crippen molar-refractivity contribution >= 4 is 23.0 Å². The largest absolute Gasteiger partial charge is 0.465 e. The number of carbonyl (C=O) groups excluding carboxylic acids is 1. The first-order chi connectivity index (χ1) is 9.51. The van der Waals surface area contributed by atoms with Crippen LogP contribution in [0.3, 0.4) is 0 Å². The van der Waals surface area contributed by atoms with Crippen LogP contribution in [0.2, 0.25) is 0 Å². The first-order valence-electron chi connectivity index (χ1n) is 5.71. The van der Waals surface area contributed by atoms with E-state index in [4.69, 9.17) is 5.73 Å². The van der Waals surface area contributed by atoms with Crippen LogP contribution >= 0.6 is 0 Å². The number of anilines is 3. The molecule has 6 heteroatoms. The molecule has 0 aliphatic rings. The van der Waals surface area contributed by atoms with Gasteiger partial charge in [-0.2, -0.15) is 0 Å². The first-order valence-corrected chi connectivity index (χ1v) is 5.71. The van der Waals surface area contributed by atoms with Crippen molar-refractivity contribution in [2.45, 2.75) is 0 Å². The standard InChI is InChI=1S/C14H12F2N2O2/c1-20-14(19)8-2-5-12(11(17)6-8)18-13-7-9(15)3-4-10(13)16/h2-7,18H,17H2,1H3. The van der Waals surface area contributed by atoms with Gasteiger partial charge < -0.3 is 15.8 Å². The lowest BCUT2D eigenvalue weighted by atomic mass is 10.1. The number of rotatable bonds is 3. The molecule has 0 aliphatic heterocycles. The van der Waals surface area contributed by atoms with Gasteiger partial charge >= 0.3 is 5.97 Å². The van der Waals surface area contributed by atoms with E-state index in [1.165, 1.54) is 25.3 Å². The second kappa shape index (κ2) is 5.56. The zero-order valence-electron chi connectivity index (χ0n) is 10.6. The van der Waals surface area contributed by atoms with E-state index in [9.17, 15) is 13.6 Å². The summed E-state index contributed by atoms with van der Waals surface area (Å²) in [6.07, 6.45) is 0. The average molecular weight is 278 g/mol. The summed E-state index contributed by atoms with van der Waals surface area (Å²) in [5, 5.41) is 2.67. The number of ether oxygens (including phenoxy) is 1. The number of carbonyl (C=O) groups is 1. The Morgan fingerprint density at radius 3 is 2.55 bits per heavy atom. The highest BCUT2D eigenvalue weighted by Crippen LogP contribution is 2.26. The van der Waals surface area contributed by atoms with Crippen molar-refractivity contribution in [3.05, 3.63) is 53.6 Å². The molecule has 0 amide bonds. The second-order valence-electron chi connectivity index (χ2n) is 4.04. The summed E-state index contributed by atoms with van der Waals surface area (Å²) in [4.78, 5) is 11.3. The Bertz CT molecular complexity index is 660. The zero-order chi connectivity index (χ0) is 14.7. The monoisotopic (exact) mass is 278 g/mol. The van der Waals surface area contributed by atoms with E-state index in [0.717, 1.165) is 18.2 Å². The van der Waals surface area contributed by atoms with Gasteiger partial charge in [0, 0.05) is 6.07 Å². The molecular weight excluding hydrogens is 266 g/mol. The lowest BCUT2D eigenvalue weighted by molar-refractivity contribution is 0.0601. The summed E-state index contributed by atoms with van der Waals surface area (Å²) in [7, 11) is 1.26. The minimum absolute atomic E-state index is 0.0393. The van der Waals surface area contributed by atoms with Crippen LogP contribution in [0.15, 0.2) is 36.4 Å². The van der Waals surface area contributed by atoms with Gasteiger partial charge in [-0.05, 0) is 30.3 Å². The minimum atomic E-state index is -0.608. The Morgan fingerprint density at radius 1 is 1.15 bits per heavy atom. The Balaban J connectivity index is 2.30. The highest BCUT2D eigenvalue weighted by Gasteiger charge is 2.10. The molecule has 2 aromatic rings. The smallest absolute Gasteiger partial charge is 0.337 e. The van der Waals surface area contributed by atoms with E-state index < -0.39 is 17.6 Å². The molecule has 2 rings (SSSR count). The fourth-order valence-electron chi connectivity index (χ4n) is 1.66. The molecular formula is C14H12F2N2O2. The SMILES string of the molecule is COC(=O)c1ccc(Nc2cc(F)ccc2F)c(N)c1. The summed E-state index contributed by atoms with van der Waals surface area (Å²) in [6, 6.07) is 7.41. The van der Waals surface area contributed by atoms with Crippen LogP contribution in [0.25, 0.3) is 0 Å². The Hall–Kier alpha value is -2.63. The van der Waals surface area contributed by atoms with Gasteiger partial charge in [-0.3, -0.25) is 0 Å². The van der Waals surface area contributed by atoms with Crippen LogP contribution in [0.4, 0.5) is 25.8 Å². The van der Waals surface area contributed by atoms with Crippen LogP contribution in [0.5, 0.6) is 0 Å². The topological polar surface area (TPSA) is 64.3 Å². The third-order valence-corrected chi connectivity index (χ3v) is 2.67. The molecule has 0 fully saturated rings. The molecule has 104 valence electrons. The van der Waals surface area contributed by atoms with Crippen molar-refractivity contribution in [3.63, 3.8) is 0 Å². The molecule has 0 aromatic heterocycles. The van der Waals surface area contributed by atoms with Gasteiger partial charge in [0.2, 0.25) is 0 Å². The molecule has 0 heterocycles. The van der Waals surface area contributed by atoms with Crippen molar-refractivity contribution < 1.29 is 18.3 Å². The predicted octanol–water partition coefficient (Wildman–Crippen LogP) is 3.08. The number of hydrogen-bond donors (Lipinski definition) is 2.